The van der Waals surface area contributed by atoms with Crippen LogP contribution in [0.15, 0.2) is 58.9 Å². The van der Waals surface area contributed by atoms with Crippen molar-refractivity contribution < 1.29 is 8.42 Å². The molecule has 0 fully saturated rings. The molecule has 0 amide bonds. The van der Waals surface area contributed by atoms with Crippen molar-refractivity contribution in [1.29, 1.82) is 0 Å². The summed E-state index contributed by atoms with van der Waals surface area (Å²) in [6.45, 7) is 5.80. The van der Waals surface area contributed by atoms with Crippen LogP contribution < -0.4 is 0 Å². The van der Waals surface area contributed by atoms with Gasteiger partial charge in [0.25, 0.3) is 0 Å². The fourth-order valence-electron chi connectivity index (χ4n) is 3.19. The lowest BCUT2D eigenvalue weighted by atomic mass is 10.2. The van der Waals surface area contributed by atoms with E-state index in [-0.39, 0.29) is 0 Å². The maximum absolute atomic E-state index is 13.6. The van der Waals surface area contributed by atoms with Crippen LogP contribution >= 0.6 is 11.3 Å². The van der Waals surface area contributed by atoms with E-state index in [0.29, 0.717) is 30.2 Å². The Bertz CT molecular complexity index is 973. The quantitative estimate of drug-likeness (QED) is 0.417. The van der Waals surface area contributed by atoms with Gasteiger partial charge in [-0.05, 0) is 29.9 Å². The summed E-state index contributed by atoms with van der Waals surface area (Å²) >= 11 is 1.51. The topological polar surface area (TPSA) is 55.2 Å². The summed E-state index contributed by atoms with van der Waals surface area (Å²) in [5.41, 5.74) is 1.64. The molecular weight excluding hydrogens is 402 g/mol. The average Bonchev–Trinajstić information content (AvgIpc) is 3.38. The fraction of sp³-hybridized carbons (Fsp3) is 0.409. The molecule has 0 atom stereocenters. The highest BCUT2D eigenvalue weighted by atomic mass is 32.2. The number of nitrogens with zero attached hydrogens (tertiary/aromatic N) is 3. The predicted octanol–water partition coefficient (Wildman–Crippen LogP) is 5.25. The Kier molecular flexibility index (Phi) is 7.64. The predicted molar refractivity (Wildman–Crippen MR) is 120 cm³/mol. The Morgan fingerprint density at radius 2 is 1.69 bits per heavy atom. The van der Waals surface area contributed by atoms with Crippen molar-refractivity contribution in [2.45, 2.75) is 51.0 Å². The number of hydrogen-bond acceptors (Lipinski definition) is 4. The Balaban J connectivity index is 2.00. The second-order valence-electron chi connectivity index (χ2n) is 7.11. The van der Waals surface area contributed by atoms with Gasteiger partial charge >= 0.3 is 0 Å². The van der Waals surface area contributed by atoms with E-state index in [4.69, 9.17) is 0 Å². The second kappa shape index (κ2) is 10.2. The summed E-state index contributed by atoms with van der Waals surface area (Å²) in [6.07, 6.45) is 5.33. The van der Waals surface area contributed by atoms with Crippen molar-refractivity contribution in [3.05, 3.63) is 59.6 Å². The van der Waals surface area contributed by atoms with Gasteiger partial charge in [0.05, 0.1) is 11.4 Å². The van der Waals surface area contributed by atoms with Crippen molar-refractivity contribution in [3.8, 4) is 10.6 Å². The molecule has 0 unspecified atom stereocenters. The first-order chi connectivity index (χ1) is 14.1. The van der Waals surface area contributed by atoms with E-state index in [1.165, 1.54) is 11.3 Å². The molecule has 0 bridgehead atoms. The van der Waals surface area contributed by atoms with Crippen LogP contribution in [-0.4, -0.2) is 35.6 Å². The molecule has 0 spiro atoms. The zero-order chi connectivity index (χ0) is 20.7. The van der Waals surface area contributed by atoms with Gasteiger partial charge in [-0.15, -0.1) is 11.3 Å². The molecular formula is C22H29N3O2S2. The van der Waals surface area contributed by atoms with Crippen molar-refractivity contribution in [1.82, 2.24) is 14.1 Å². The maximum Gasteiger partial charge on any atom is 0.246 e. The molecule has 0 radical (unpaired) electrons. The summed E-state index contributed by atoms with van der Waals surface area (Å²) < 4.78 is 30.6. The standard InChI is InChI=1S/C22H29N3O2S2/c1-3-5-14-25(15-6-4-2)29(26,27)21-18-24(17-19-11-8-7-9-12-19)23-22(21)20-13-10-16-28-20/h7-13,16,18H,3-6,14-15,17H2,1-2H3. The monoisotopic (exact) mass is 431 g/mol. The van der Waals surface area contributed by atoms with Crippen LogP contribution in [0.3, 0.4) is 0 Å². The van der Waals surface area contributed by atoms with Crippen molar-refractivity contribution >= 4 is 21.4 Å². The Morgan fingerprint density at radius 1 is 1.00 bits per heavy atom. The number of unbranched alkanes of at least 4 members (excludes halogenated alkanes) is 2. The lowest BCUT2D eigenvalue weighted by molar-refractivity contribution is 0.395. The third-order valence-corrected chi connectivity index (χ3v) is 7.59. The lowest BCUT2D eigenvalue weighted by Crippen LogP contribution is -2.33. The highest BCUT2D eigenvalue weighted by molar-refractivity contribution is 7.89. The zero-order valence-corrected chi connectivity index (χ0v) is 18.8. The Labute approximate surface area is 178 Å². The van der Waals surface area contributed by atoms with Crippen LogP contribution in [0.2, 0.25) is 0 Å². The van der Waals surface area contributed by atoms with Crippen LogP contribution in [0, 0.1) is 0 Å². The molecule has 0 aliphatic rings. The number of hydrogen-bond donors (Lipinski definition) is 0. The molecule has 2 heterocycles. The normalized spacial score (nSPS) is 12.0. The van der Waals surface area contributed by atoms with Gasteiger partial charge in [0.15, 0.2) is 0 Å². The van der Waals surface area contributed by atoms with Gasteiger partial charge in [-0.25, -0.2) is 8.42 Å². The van der Waals surface area contributed by atoms with Crippen molar-refractivity contribution in [2.75, 3.05) is 13.1 Å². The van der Waals surface area contributed by atoms with E-state index >= 15 is 0 Å². The minimum Gasteiger partial charge on any atom is -0.266 e. The zero-order valence-electron chi connectivity index (χ0n) is 17.1. The lowest BCUT2D eigenvalue weighted by Gasteiger charge is -2.21. The van der Waals surface area contributed by atoms with E-state index in [2.05, 4.69) is 18.9 Å². The summed E-state index contributed by atoms with van der Waals surface area (Å²) in [7, 11) is -3.62. The largest absolute Gasteiger partial charge is 0.266 e. The van der Waals surface area contributed by atoms with Crippen LogP contribution in [0.25, 0.3) is 10.6 Å². The number of sulfonamides is 1. The highest BCUT2D eigenvalue weighted by Gasteiger charge is 2.30. The first kappa shape index (κ1) is 21.7. The van der Waals surface area contributed by atoms with Crippen molar-refractivity contribution in [3.63, 3.8) is 0 Å². The van der Waals surface area contributed by atoms with Crippen molar-refractivity contribution in [2.24, 2.45) is 0 Å². The minimum absolute atomic E-state index is 0.308. The van der Waals surface area contributed by atoms with Gasteiger partial charge in [-0.1, -0.05) is 63.1 Å². The maximum atomic E-state index is 13.6. The van der Waals surface area contributed by atoms with E-state index < -0.39 is 10.0 Å². The van der Waals surface area contributed by atoms with Gasteiger partial charge in [0.2, 0.25) is 10.0 Å². The molecule has 0 saturated heterocycles. The molecule has 0 aliphatic carbocycles. The van der Waals surface area contributed by atoms with Gasteiger partial charge < -0.3 is 0 Å². The van der Waals surface area contributed by atoms with Crippen LogP contribution in [0.1, 0.15) is 45.1 Å². The van der Waals surface area contributed by atoms with Crippen LogP contribution in [0.4, 0.5) is 0 Å². The third-order valence-electron chi connectivity index (χ3n) is 4.81. The molecule has 7 heteroatoms. The average molecular weight is 432 g/mol. The summed E-state index contributed by atoms with van der Waals surface area (Å²) in [5, 5.41) is 6.63. The number of rotatable bonds is 11. The molecule has 5 nitrogen and oxygen atoms in total. The Morgan fingerprint density at radius 3 is 2.28 bits per heavy atom. The number of thiophene rings is 1. The van der Waals surface area contributed by atoms with Gasteiger partial charge in [-0.2, -0.15) is 9.40 Å². The number of benzene rings is 1. The molecule has 0 aliphatic heterocycles. The molecule has 0 N–H and O–H groups in total. The number of aromatic nitrogens is 2. The van der Waals surface area contributed by atoms with E-state index in [1.807, 2.05) is 47.8 Å². The molecule has 3 rings (SSSR count). The first-order valence-electron chi connectivity index (χ1n) is 10.2. The van der Waals surface area contributed by atoms with Crippen LogP contribution in [-0.2, 0) is 16.6 Å². The second-order valence-corrected chi connectivity index (χ2v) is 9.97. The SMILES string of the molecule is CCCCN(CCCC)S(=O)(=O)c1cn(Cc2ccccc2)nc1-c1cccs1. The molecule has 1 aromatic carbocycles. The fourth-order valence-corrected chi connectivity index (χ4v) is 5.64. The highest BCUT2D eigenvalue weighted by Crippen LogP contribution is 2.32. The van der Waals surface area contributed by atoms with E-state index in [0.717, 1.165) is 36.1 Å². The molecule has 3 aromatic rings. The smallest absolute Gasteiger partial charge is 0.246 e. The van der Waals surface area contributed by atoms with Crippen LogP contribution in [0.5, 0.6) is 0 Å². The molecule has 0 saturated carbocycles. The van der Waals surface area contributed by atoms with E-state index in [9.17, 15) is 8.42 Å². The summed E-state index contributed by atoms with van der Waals surface area (Å²) in [5.74, 6) is 0. The van der Waals surface area contributed by atoms with Gasteiger partial charge in [0.1, 0.15) is 10.6 Å². The first-order valence-corrected chi connectivity index (χ1v) is 12.5. The summed E-state index contributed by atoms with van der Waals surface area (Å²) in [6, 6.07) is 13.8. The Hall–Kier alpha value is -1.96. The minimum atomic E-state index is -3.62. The molecule has 29 heavy (non-hydrogen) atoms. The van der Waals surface area contributed by atoms with Gasteiger partial charge in [-0.3, -0.25) is 4.68 Å². The third kappa shape index (κ3) is 5.35. The summed E-state index contributed by atoms with van der Waals surface area (Å²) in [4.78, 5) is 1.18. The van der Waals surface area contributed by atoms with Gasteiger partial charge in [0, 0.05) is 19.3 Å². The van der Waals surface area contributed by atoms with E-state index in [1.54, 1.807) is 15.2 Å². The molecule has 156 valence electrons. The molecule has 2 aromatic heterocycles.